The van der Waals surface area contributed by atoms with Crippen molar-refractivity contribution in [2.45, 2.75) is 13.3 Å². The number of aromatic nitrogens is 2. The van der Waals surface area contributed by atoms with E-state index in [9.17, 15) is 0 Å². The molecule has 2 aromatic heterocycles. The van der Waals surface area contributed by atoms with E-state index in [1.165, 1.54) is 0 Å². The fourth-order valence-electron chi connectivity index (χ4n) is 3.05. The molecule has 0 fully saturated rings. The molecule has 0 unspecified atom stereocenters. The molecule has 0 saturated heterocycles. The Morgan fingerprint density at radius 1 is 0.710 bits per heavy atom. The van der Waals surface area contributed by atoms with Crippen molar-refractivity contribution < 1.29 is 9.47 Å². The first-order chi connectivity index (χ1) is 15.2. The molecule has 4 aromatic rings. The molecule has 4 nitrogen and oxygen atoms in total. The number of benzene rings is 2. The molecule has 0 spiro atoms. The van der Waals surface area contributed by atoms with Gasteiger partial charge < -0.3 is 9.47 Å². The maximum absolute atomic E-state index is 5.94. The van der Waals surface area contributed by atoms with Gasteiger partial charge in [-0.2, -0.15) is 0 Å². The highest BCUT2D eigenvalue weighted by atomic mass is 16.5. The Morgan fingerprint density at radius 3 is 1.87 bits per heavy atom. The molecule has 4 heteroatoms. The molecule has 0 aliphatic carbocycles. The van der Waals surface area contributed by atoms with Crippen LogP contribution in [0.2, 0.25) is 0 Å². The Kier molecular flexibility index (Phi) is 6.38. The maximum Gasteiger partial charge on any atom is 0.127 e. The van der Waals surface area contributed by atoms with Gasteiger partial charge in [0.2, 0.25) is 0 Å². The van der Waals surface area contributed by atoms with Gasteiger partial charge in [-0.05, 0) is 73.0 Å². The summed E-state index contributed by atoms with van der Waals surface area (Å²) in [5, 5.41) is 0. The Labute approximate surface area is 182 Å². The number of hydrogen-bond acceptors (Lipinski definition) is 4. The summed E-state index contributed by atoms with van der Waals surface area (Å²) >= 11 is 0. The van der Waals surface area contributed by atoms with Crippen LogP contribution in [-0.2, 0) is 0 Å². The first kappa shape index (κ1) is 20.4. The molecule has 0 radical (unpaired) electrons. The molecule has 0 N–H and O–H groups in total. The molecule has 0 bridgehead atoms. The van der Waals surface area contributed by atoms with Gasteiger partial charge in [-0.15, -0.1) is 6.58 Å². The molecule has 0 aliphatic heterocycles. The third kappa shape index (κ3) is 5.37. The summed E-state index contributed by atoms with van der Waals surface area (Å²) in [7, 11) is 0. The number of ether oxygens (including phenoxy) is 2. The normalized spacial score (nSPS) is 10.5. The minimum absolute atomic E-state index is 0.628. The zero-order valence-corrected chi connectivity index (χ0v) is 17.5. The van der Waals surface area contributed by atoms with Crippen LogP contribution in [0.3, 0.4) is 0 Å². The van der Waals surface area contributed by atoms with Crippen molar-refractivity contribution in [1.82, 2.24) is 9.97 Å². The van der Waals surface area contributed by atoms with Gasteiger partial charge in [-0.3, -0.25) is 9.97 Å². The number of aryl methyl sites for hydroxylation is 1. The molecule has 154 valence electrons. The molecule has 2 aromatic carbocycles. The molecular formula is C27H24N2O2. The summed E-state index contributed by atoms with van der Waals surface area (Å²) in [5.41, 5.74) is 4.99. The summed E-state index contributed by atoms with van der Waals surface area (Å²) in [5.74, 6) is 2.36. The quantitative estimate of drug-likeness (QED) is 0.236. The fraction of sp³-hybridized carbons (Fsp3) is 0.111. The summed E-state index contributed by atoms with van der Waals surface area (Å²) in [4.78, 5) is 9.00. The second-order valence-corrected chi connectivity index (χ2v) is 7.18. The third-order valence-electron chi connectivity index (χ3n) is 4.78. The van der Waals surface area contributed by atoms with Crippen molar-refractivity contribution >= 4 is 0 Å². The van der Waals surface area contributed by atoms with Gasteiger partial charge in [0.05, 0.1) is 18.0 Å². The number of nitrogens with zero attached hydrogens (tertiary/aromatic N) is 2. The van der Waals surface area contributed by atoms with Crippen LogP contribution >= 0.6 is 0 Å². The lowest BCUT2D eigenvalue weighted by Gasteiger charge is -2.09. The Balaban J connectivity index is 1.40. The largest absolute Gasteiger partial charge is 0.493 e. The van der Waals surface area contributed by atoms with Gasteiger partial charge in [-0.25, -0.2) is 0 Å². The highest BCUT2D eigenvalue weighted by molar-refractivity contribution is 5.66. The van der Waals surface area contributed by atoms with Gasteiger partial charge in [0.1, 0.15) is 17.2 Å². The van der Waals surface area contributed by atoms with E-state index >= 15 is 0 Å². The lowest BCUT2D eigenvalue weighted by atomic mass is 10.1. The Morgan fingerprint density at radius 2 is 1.29 bits per heavy atom. The van der Waals surface area contributed by atoms with E-state index in [1.54, 1.807) is 0 Å². The monoisotopic (exact) mass is 408 g/mol. The van der Waals surface area contributed by atoms with Gasteiger partial charge in [0.25, 0.3) is 0 Å². The van der Waals surface area contributed by atoms with Gasteiger partial charge >= 0.3 is 0 Å². The van der Waals surface area contributed by atoms with Crippen LogP contribution < -0.4 is 9.47 Å². The van der Waals surface area contributed by atoms with E-state index < -0.39 is 0 Å². The molecule has 0 saturated carbocycles. The van der Waals surface area contributed by atoms with Crippen LogP contribution in [0, 0.1) is 6.92 Å². The molecule has 0 amide bonds. The van der Waals surface area contributed by atoms with Crippen LogP contribution in [-0.4, -0.2) is 16.6 Å². The SMILES string of the molecule is C=CCCOc1ccc(Oc2ccc(-c3ccc(-c4ccc(C)cn4)nc3)cc2)cc1. The maximum atomic E-state index is 5.94. The van der Waals surface area contributed by atoms with Crippen molar-refractivity contribution in [2.24, 2.45) is 0 Å². The van der Waals surface area contributed by atoms with E-state index in [-0.39, 0.29) is 0 Å². The minimum Gasteiger partial charge on any atom is -0.493 e. The smallest absolute Gasteiger partial charge is 0.127 e. The van der Waals surface area contributed by atoms with Crippen molar-refractivity contribution in [1.29, 1.82) is 0 Å². The summed E-state index contributed by atoms with van der Waals surface area (Å²) in [6.07, 6.45) is 6.39. The van der Waals surface area contributed by atoms with Crippen LogP contribution in [0.15, 0.2) is 97.8 Å². The molecule has 31 heavy (non-hydrogen) atoms. The van der Waals surface area contributed by atoms with E-state index in [1.807, 2.05) is 92.1 Å². The highest BCUT2D eigenvalue weighted by Gasteiger charge is 2.04. The molecule has 2 heterocycles. The number of pyridine rings is 2. The van der Waals surface area contributed by atoms with Crippen molar-refractivity contribution in [3.05, 3.63) is 103 Å². The zero-order chi connectivity index (χ0) is 21.5. The van der Waals surface area contributed by atoms with Crippen LogP contribution in [0.4, 0.5) is 0 Å². The van der Waals surface area contributed by atoms with Gasteiger partial charge in [0.15, 0.2) is 0 Å². The van der Waals surface area contributed by atoms with Crippen LogP contribution in [0.25, 0.3) is 22.5 Å². The third-order valence-corrected chi connectivity index (χ3v) is 4.78. The van der Waals surface area contributed by atoms with E-state index in [4.69, 9.17) is 9.47 Å². The molecular weight excluding hydrogens is 384 g/mol. The summed E-state index contributed by atoms with van der Waals surface area (Å²) < 4.78 is 11.6. The summed E-state index contributed by atoms with van der Waals surface area (Å²) in [6, 6.07) is 23.7. The number of rotatable bonds is 8. The fourth-order valence-corrected chi connectivity index (χ4v) is 3.05. The van der Waals surface area contributed by atoms with E-state index in [2.05, 4.69) is 22.6 Å². The van der Waals surface area contributed by atoms with Gasteiger partial charge in [-0.1, -0.05) is 30.3 Å². The highest BCUT2D eigenvalue weighted by Crippen LogP contribution is 2.27. The van der Waals surface area contributed by atoms with Crippen LogP contribution in [0.1, 0.15) is 12.0 Å². The average molecular weight is 409 g/mol. The lowest BCUT2D eigenvalue weighted by molar-refractivity contribution is 0.324. The van der Waals surface area contributed by atoms with Gasteiger partial charge in [0, 0.05) is 18.0 Å². The number of hydrogen-bond donors (Lipinski definition) is 0. The lowest BCUT2D eigenvalue weighted by Crippen LogP contribution is -1.95. The standard InChI is InChI=1S/C27H24N2O2/c1-3-4-17-30-23-11-13-25(14-12-23)31-24-9-6-21(7-10-24)22-8-16-27(29-19-22)26-15-5-20(2)18-28-26/h3,5-16,18-19H,1,4,17H2,2H3. The van der Waals surface area contributed by atoms with Crippen molar-refractivity contribution in [3.63, 3.8) is 0 Å². The molecule has 0 aliphatic rings. The second kappa shape index (κ2) is 9.72. The van der Waals surface area contributed by atoms with Crippen LogP contribution in [0.5, 0.6) is 17.2 Å². The molecule has 0 atom stereocenters. The second-order valence-electron chi connectivity index (χ2n) is 7.18. The van der Waals surface area contributed by atoms with E-state index in [0.29, 0.717) is 6.61 Å². The van der Waals surface area contributed by atoms with E-state index in [0.717, 1.165) is 51.7 Å². The molecule has 4 rings (SSSR count). The zero-order valence-electron chi connectivity index (χ0n) is 17.5. The van der Waals surface area contributed by atoms with Crippen molar-refractivity contribution in [2.75, 3.05) is 6.61 Å². The minimum atomic E-state index is 0.628. The Hall–Kier alpha value is -3.92. The van der Waals surface area contributed by atoms with Crippen molar-refractivity contribution in [3.8, 4) is 39.8 Å². The predicted molar refractivity (Wildman–Crippen MR) is 124 cm³/mol. The summed E-state index contributed by atoms with van der Waals surface area (Å²) in [6.45, 7) is 6.34. The predicted octanol–water partition coefficient (Wildman–Crippen LogP) is 6.87. The first-order valence-electron chi connectivity index (χ1n) is 10.2. The average Bonchev–Trinajstić information content (AvgIpc) is 2.82. The Bertz CT molecular complexity index is 1120. The first-order valence-corrected chi connectivity index (χ1v) is 10.2. The topological polar surface area (TPSA) is 44.2 Å².